The van der Waals surface area contributed by atoms with Gasteiger partial charge in [0.15, 0.2) is 0 Å². The van der Waals surface area contributed by atoms with E-state index < -0.39 is 29.7 Å². The van der Waals surface area contributed by atoms with Crippen LogP contribution in [0.1, 0.15) is 98.0 Å². The van der Waals surface area contributed by atoms with Crippen LogP contribution in [0.15, 0.2) is 18.3 Å². The number of imide groups is 1. The molecule has 0 spiro atoms. The molecule has 0 bridgehead atoms. The molecule has 2 aliphatic carbocycles. The number of carbonyl (C=O) groups excluding carboxylic acids is 3. The topological polar surface area (TPSA) is 127 Å². The number of pyridine rings is 1. The van der Waals surface area contributed by atoms with Gasteiger partial charge in [-0.2, -0.15) is 0 Å². The first kappa shape index (κ1) is 30.7. The van der Waals surface area contributed by atoms with Gasteiger partial charge >= 0.3 is 12.1 Å². The molecule has 9 nitrogen and oxygen atoms in total. The summed E-state index contributed by atoms with van der Waals surface area (Å²) in [5, 5.41) is 5.65. The molecule has 3 unspecified atom stereocenters. The molecule has 1 aromatic heterocycles. The molecule has 0 radical (unpaired) electrons. The van der Waals surface area contributed by atoms with Gasteiger partial charge < -0.3 is 21.1 Å². The molecule has 3 rings (SSSR count). The highest BCUT2D eigenvalue weighted by Gasteiger charge is 2.38. The summed E-state index contributed by atoms with van der Waals surface area (Å²) in [7, 11) is 0. The highest BCUT2D eigenvalue weighted by Crippen LogP contribution is 2.45. The Labute approximate surface area is 234 Å². The summed E-state index contributed by atoms with van der Waals surface area (Å²) in [6.07, 6.45) is 11.2. The number of ether oxygens (including phenoxy) is 1. The van der Waals surface area contributed by atoms with Crippen LogP contribution in [0.5, 0.6) is 0 Å². The second-order valence-electron chi connectivity index (χ2n) is 12.4. The third kappa shape index (κ3) is 9.11. The number of nitrogens with one attached hydrogen (secondary N) is 2. The maximum atomic E-state index is 14.0. The first-order valence-electron chi connectivity index (χ1n) is 14.8. The zero-order valence-corrected chi connectivity index (χ0v) is 24.5. The SMILES string of the molecule is CCC(C)C(NC(=O)OC(C)(C)C)C(=O)N(CC[C@H]1CCCC2CCCC[C@@H]21)C(=O)NCc1ccc(N)nc1. The molecule has 0 aliphatic heterocycles. The van der Waals surface area contributed by atoms with Crippen LogP contribution in [0.4, 0.5) is 15.4 Å². The van der Waals surface area contributed by atoms with Crippen LogP contribution in [-0.2, 0) is 16.1 Å². The summed E-state index contributed by atoms with van der Waals surface area (Å²) in [5.41, 5.74) is 5.77. The zero-order valence-electron chi connectivity index (χ0n) is 24.5. The predicted molar refractivity (Wildman–Crippen MR) is 153 cm³/mol. The van der Waals surface area contributed by atoms with E-state index in [1.165, 1.54) is 43.4 Å². The Bertz CT molecular complexity index is 959. The van der Waals surface area contributed by atoms with Gasteiger partial charge in [-0.15, -0.1) is 0 Å². The van der Waals surface area contributed by atoms with Crippen molar-refractivity contribution in [3.05, 3.63) is 23.9 Å². The number of alkyl carbamates (subject to hydrolysis) is 1. The van der Waals surface area contributed by atoms with Crippen molar-refractivity contribution in [2.45, 2.75) is 111 Å². The second-order valence-corrected chi connectivity index (χ2v) is 12.4. The summed E-state index contributed by atoms with van der Waals surface area (Å²) in [4.78, 5) is 45.5. The van der Waals surface area contributed by atoms with Crippen molar-refractivity contribution in [2.75, 3.05) is 12.3 Å². The number of anilines is 1. The molecule has 1 heterocycles. The lowest BCUT2D eigenvalue weighted by Gasteiger charge is -2.42. The van der Waals surface area contributed by atoms with Crippen molar-refractivity contribution < 1.29 is 19.1 Å². The molecule has 0 saturated heterocycles. The van der Waals surface area contributed by atoms with Gasteiger partial charge in [0.05, 0.1) is 0 Å². The highest BCUT2D eigenvalue weighted by atomic mass is 16.6. The van der Waals surface area contributed by atoms with Crippen LogP contribution >= 0.6 is 0 Å². The van der Waals surface area contributed by atoms with Crippen molar-refractivity contribution >= 4 is 23.8 Å². The molecular formula is C30H49N5O4. The van der Waals surface area contributed by atoms with Crippen molar-refractivity contribution in [2.24, 2.45) is 23.7 Å². The third-order valence-corrected chi connectivity index (χ3v) is 8.40. The molecule has 2 aliphatic rings. The standard InChI is InChI=1S/C30H49N5O4/c1-6-20(2)26(34-29(38)39-30(3,4)5)27(36)35(28(37)33-19-21-14-15-25(31)32-18-21)17-16-23-12-9-11-22-10-7-8-13-24(22)23/h14-15,18,20,22-24,26H,6-13,16-17,19H2,1-5H3,(H2,31,32)(H,33,37)(H,34,38)/t20?,22?,23-,24+,26?/m1/s1. The molecule has 39 heavy (non-hydrogen) atoms. The maximum Gasteiger partial charge on any atom is 0.408 e. The number of fused-ring (bicyclic) bond motifs is 1. The van der Waals surface area contributed by atoms with E-state index in [1.807, 2.05) is 13.8 Å². The average molecular weight is 544 g/mol. The molecular weight excluding hydrogens is 494 g/mol. The van der Waals surface area contributed by atoms with E-state index in [0.29, 0.717) is 30.6 Å². The quantitative estimate of drug-likeness (QED) is 0.370. The van der Waals surface area contributed by atoms with Crippen LogP contribution in [0.25, 0.3) is 0 Å². The molecule has 0 aromatic carbocycles. The first-order valence-corrected chi connectivity index (χ1v) is 14.8. The Morgan fingerprint density at radius 1 is 1.13 bits per heavy atom. The zero-order chi connectivity index (χ0) is 28.6. The number of nitrogens with two attached hydrogens (primary N) is 1. The largest absolute Gasteiger partial charge is 0.444 e. The Balaban J connectivity index is 1.77. The molecule has 1 aromatic rings. The van der Waals surface area contributed by atoms with Crippen LogP contribution in [0.3, 0.4) is 0 Å². The van der Waals surface area contributed by atoms with Crippen molar-refractivity contribution in [1.29, 1.82) is 0 Å². The monoisotopic (exact) mass is 543 g/mol. The van der Waals surface area contributed by atoms with E-state index in [-0.39, 0.29) is 12.5 Å². The number of urea groups is 1. The van der Waals surface area contributed by atoms with Gasteiger partial charge in [-0.05, 0) is 68.9 Å². The summed E-state index contributed by atoms with van der Waals surface area (Å²) in [5.74, 6) is 1.78. The number of amides is 4. The summed E-state index contributed by atoms with van der Waals surface area (Å²) >= 11 is 0. The average Bonchev–Trinajstić information content (AvgIpc) is 2.90. The lowest BCUT2D eigenvalue weighted by atomic mass is 9.64. The van der Waals surface area contributed by atoms with Crippen LogP contribution < -0.4 is 16.4 Å². The minimum atomic E-state index is -0.873. The van der Waals surface area contributed by atoms with Crippen molar-refractivity contribution in [3.8, 4) is 0 Å². The maximum absolute atomic E-state index is 14.0. The van der Waals surface area contributed by atoms with Gasteiger partial charge in [0.25, 0.3) is 5.91 Å². The van der Waals surface area contributed by atoms with E-state index >= 15 is 0 Å². The minimum absolute atomic E-state index is 0.181. The van der Waals surface area contributed by atoms with Crippen LogP contribution in [0, 0.1) is 23.7 Å². The van der Waals surface area contributed by atoms with Gasteiger partial charge in [-0.25, -0.2) is 14.6 Å². The van der Waals surface area contributed by atoms with Crippen LogP contribution in [0.2, 0.25) is 0 Å². The van der Waals surface area contributed by atoms with Gasteiger partial charge in [0, 0.05) is 19.3 Å². The summed E-state index contributed by atoms with van der Waals surface area (Å²) in [6, 6.07) is 2.14. The minimum Gasteiger partial charge on any atom is -0.444 e. The third-order valence-electron chi connectivity index (χ3n) is 8.40. The number of rotatable bonds is 9. The summed E-state index contributed by atoms with van der Waals surface area (Å²) in [6.45, 7) is 9.75. The second kappa shape index (κ2) is 14.0. The number of aromatic nitrogens is 1. The predicted octanol–water partition coefficient (Wildman–Crippen LogP) is 5.64. The van der Waals surface area contributed by atoms with Gasteiger partial charge in [0.2, 0.25) is 0 Å². The number of hydrogen-bond acceptors (Lipinski definition) is 6. The first-order chi connectivity index (χ1) is 18.5. The lowest BCUT2D eigenvalue weighted by Crippen LogP contribution is -2.56. The number of nitrogens with zero attached hydrogens (tertiary/aromatic N) is 2. The Kier molecular flexibility index (Phi) is 11.0. The molecule has 4 N–H and O–H groups in total. The van der Waals surface area contributed by atoms with Crippen molar-refractivity contribution in [3.63, 3.8) is 0 Å². The Hall–Kier alpha value is -2.84. The van der Waals surface area contributed by atoms with E-state index in [1.54, 1.807) is 39.1 Å². The van der Waals surface area contributed by atoms with Gasteiger partial charge in [-0.3, -0.25) is 9.69 Å². The molecule has 2 fully saturated rings. The fourth-order valence-electron chi connectivity index (χ4n) is 6.14. The van der Waals surface area contributed by atoms with E-state index in [2.05, 4.69) is 15.6 Å². The fourth-order valence-corrected chi connectivity index (χ4v) is 6.14. The van der Waals surface area contributed by atoms with E-state index in [9.17, 15) is 14.4 Å². The van der Waals surface area contributed by atoms with E-state index in [4.69, 9.17) is 10.5 Å². The highest BCUT2D eigenvalue weighted by molar-refractivity contribution is 5.98. The van der Waals surface area contributed by atoms with Crippen LogP contribution in [-0.4, -0.2) is 46.1 Å². The number of nitrogen functional groups attached to an aromatic ring is 1. The molecule has 4 amide bonds. The normalized spacial score (nSPS) is 22.6. The lowest BCUT2D eigenvalue weighted by molar-refractivity contribution is -0.132. The molecule has 218 valence electrons. The number of hydrogen-bond donors (Lipinski definition) is 3. The Morgan fingerprint density at radius 2 is 1.85 bits per heavy atom. The molecule has 9 heteroatoms. The molecule has 5 atom stereocenters. The molecule has 2 saturated carbocycles. The Morgan fingerprint density at radius 3 is 2.51 bits per heavy atom. The van der Waals surface area contributed by atoms with E-state index in [0.717, 1.165) is 24.3 Å². The summed E-state index contributed by atoms with van der Waals surface area (Å²) < 4.78 is 5.44. The van der Waals surface area contributed by atoms with Crippen molar-refractivity contribution in [1.82, 2.24) is 20.5 Å². The smallest absolute Gasteiger partial charge is 0.408 e. The van der Waals surface area contributed by atoms with Gasteiger partial charge in [-0.1, -0.05) is 64.9 Å². The fraction of sp³-hybridized carbons (Fsp3) is 0.733. The van der Waals surface area contributed by atoms with Gasteiger partial charge in [0.1, 0.15) is 17.5 Å². The number of carbonyl (C=O) groups is 3.